The lowest BCUT2D eigenvalue weighted by Gasteiger charge is -2.32. The minimum atomic E-state index is -0.427. The van der Waals surface area contributed by atoms with E-state index in [2.05, 4.69) is 5.32 Å². The van der Waals surface area contributed by atoms with Crippen LogP contribution < -0.4 is 14.8 Å². The van der Waals surface area contributed by atoms with E-state index >= 15 is 0 Å². The fourth-order valence-electron chi connectivity index (χ4n) is 3.62. The van der Waals surface area contributed by atoms with Crippen LogP contribution in [0.2, 0.25) is 0 Å². The summed E-state index contributed by atoms with van der Waals surface area (Å²) in [5.74, 6) is 0.382. The summed E-state index contributed by atoms with van der Waals surface area (Å²) >= 11 is 0. The summed E-state index contributed by atoms with van der Waals surface area (Å²) in [6.07, 6.45) is 2.19. The number of nitrogens with one attached hydrogen (secondary N) is 1. The Bertz CT molecular complexity index is 935. The first kappa shape index (κ1) is 22.3. The number of amides is 2. The van der Waals surface area contributed by atoms with Crippen molar-refractivity contribution < 1.29 is 23.9 Å². The van der Waals surface area contributed by atoms with Crippen molar-refractivity contribution in [3.63, 3.8) is 0 Å². The highest BCUT2D eigenvalue weighted by Crippen LogP contribution is 2.19. The molecule has 0 aromatic heterocycles. The third-order valence-corrected chi connectivity index (χ3v) is 5.20. The van der Waals surface area contributed by atoms with E-state index in [0.29, 0.717) is 37.2 Å². The highest BCUT2D eigenvalue weighted by atomic mass is 16.5. The van der Waals surface area contributed by atoms with E-state index in [1.165, 1.54) is 6.92 Å². The fourth-order valence-corrected chi connectivity index (χ4v) is 3.62. The highest BCUT2D eigenvalue weighted by Gasteiger charge is 2.25. The number of carbonyl (C=O) groups is 3. The lowest BCUT2D eigenvalue weighted by molar-refractivity contribution is -0.132. The summed E-state index contributed by atoms with van der Waals surface area (Å²) in [5, 5.41) is 3.00. The van der Waals surface area contributed by atoms with E-state index in [1.54, 1.807) is 29.2 Å². The molecular weight excluding hydrogens is 396 g/mol. The van der Waals surface area contributed by atoms with Crippen LogP contribution in [0.1, 0.15) is 42.6 Å². The fraction of sp³-hybridized carbons (Fsp3) is 0.375. The van der Waals surface area contributed by atoms with Crippen LogP contribution in [-0.2, 0) is 16.0 Å². The first-order valence-electron chi connectivity index (χ1n) is 10.5. The maximum atomic E-state index is 12.8. The molecule has 1 saturated heterocycles. The number of hydrogen-bond acceptors (Lipinski definition) is 5. The van der Waals surface area contributed by atoms with Crippen molar-refractivity contribution in [1.29, 1.82) is 0 Å². The first-order valence-corrected chi connectivity index (χ1v) is 10.5. The number of hydrogen-bond donors (Lipinski definition) is 1. The average Bonchev–Trinajstić information content (AvgIpc) is 2.77. The van der Waals surface area contributed by atoms with Gasteiger partial charge >= 0.3 is 5.97 Å². The molecule has 2 aromatic carbocycles. The second-order valence-corrected chi connectivity index (χ2v) is 7.51. The summed E-state index contributed by atoms with van der Waals surface area (Å²) in [4.78, 5) is 37.9. The molecular formula is C24H28N2O5. The molecule has 1 heterocycles. The van der Waals surface area contributed by atoms with Crippen LogP contribution in [0.5, 0.6) is 11.5 Å². The number of aryl methyl sites for hydroxylation is 1. The number of carbonyl (C=O) groups excluding carboxylic acids is 3. The number of esters is 1. The SMILES string of the molecule is CCc1ccccc1OCC(=O)NC1CCN(C(=O)c2cccc(OC(C)=O)c2)CC1. The van der Waals surface area contributed by atoms with Crippen molar-refractivity contribution in [2.75, 3.05) is 19.7 Å². The molecule has 0 radical (unpaired) electrons. The van der Waals surface area contributed by atoms with Gasteiger partial charge < -0.3 is 19.7 Å². The average molecular weight is 424 g/mol. The normalized spacial score (nSPS) is 14.1. The molecule has 0 spiro atoms. The zero-order valence-electron chi connectivity index (χ0n) is 17.9. The maximum Gasteiger partial charge on any atom is 0.308 e. The van der Waals surface area contributed by atoms with Crippen LogP contribution in [0.15, 0.2) is 48.5 Å². The zero-order chi connectivity index (χ0) is 22.2. The monoisotopic (exact) mass is 424 g/mol. The van der Waals surface area contributed by atoms with Gasteiger partial charge in [-0.05, 0) is 49.1 Å². The Balaban J connectivity index is 1.46. The van der Waals surface area contributed by atoms with E-state index < -0.39 is 5.97 Å². The van der Waals surface area contributed by atoms with Crippen molar-refractivity contribution in [2.45, 2.75) is 39.2 Å². The maximum absolute atomic E-state index is 12.8. The van der Waals surface area contributed by atoms with Gasteiger partial charge in [0.2, 0.25) is 0 Å². The van der Waals surface area contributed by atoms with Gasteiger partial charge in [-0.3, -0.25) is 14.4 Å². The minimum Gasteiger partial charge on any atom is -0.483 e. The number of piperidine rings is 1. The van der Waals surface area contributed by atoms with Crippen molar-refractivity contribution >= 4 is 17.8 Å². The Kier molecular flexibility index (Phi) is 7.65. The number of nitrogens with zero attached hydrogens (tertiary/aromatic N) is 1. The van der Waals surface area contributed by atoms with Gasteiger partial charge in [0.25, 0.3) is 11.8 Å². The van der Waals surface area contributed by atoms with Crippen molar-refractivity contribution in [2.24, 2.45) is 0 Å². The first-order chi connectivity index (χ1) is 15.0. The molecule has 0 aliphatic carbocycles. The lowest BCUT2D eigenvalue weighted by Crippen LogP contribution is -2.47. The summed E-state index contributed by atoms with van der Waals surface area (Å²) in [6, 6.07) is 14.3. The van der Waals surface area contributed by atoms with Gasteiger partial charge in [-0.25, -0.2) is 0 Å². The van der Waals surface area contributed by atoms with E-state index in [0.717, 1.165) is 17.7 Å². The standard InChI is InChI=1S/C24H28N2O5/c1-3-18-7-4-5-10-22(18)30-16-23(28)25-20-11-13-26(14-12-20)24(29)19-8-6-9-21(15-19)31-17(2)27/h4-10,15,20H,3,11-14,16H2,1-2H3,(H,25,28). The lowest BCUT2D eigenvalue weighted by atomic mass is 10.0. The van der Waals surface area contributed by atoms with Crippen LogP contribution in [0.4, 0.5) is 0 Å². The van der Waals surface area contributed by atoms with Gasteiger partial charge in [0.15, 0.2) is 6.61 Å². The molecule has 1 aliphatic heterocycles. The second-order valence-electron chi connectivity index (χ2n) is 7.51. The van der Waals surface area contributed by atoms with Crippen molar-refractivity contribution in [3.8, 4) is 11.5 Å². The van der Waals surface area contributed by atoms with Crippen LogP contribution in [0.3, 0.4) is 0 Å². The van der Waals surface area contributed by atoms with Gasteiger partial charge in [0, 0.05) is 31.6 Å². The quantitative estimate of drug-likeness (QED) is 0.546. The molecule has 1 fully saturated rings. The number of ether oxygens (including phenoxy) is 2. The van der Waals surface area contributed by atoms with Crippen LogP contribution in [0, 0.1) is 0 Å². The summed E-state index contributed by atoms with van der Waals surface area (Å²) in [5.41, 5.74) is 1.55. The molecule has 164 valence electrons. The number of para-hydroxylation sites is 1. The zero-order valence-corrected chi connectivity index (χ0v) is 17.9. The van der Waals surface area contributed by atoms with Gasteiger partial charge in [-0.15, -0.1) is 0 Å². The van der Waals surface area contributed by atoms with E-state index in [4.69, 9.17) is 9.47 Å². The molecule has 0 saturated carbocycles. The second kappa shape index (κ2) is 10.6. The smallest absolute Gasteiger partial charge is 0.308 e. The summed E-state index contributed by atoms with van der Waals surface area (Å²) in [6.45, 7) is 4.42. The van der Waals surface area contributed by atoms with E-state index in [9.17, 15) is 14.4 Å². The van der Waals surface area contributed by atoms with Gasteiger partial charge in [0.1, 0.15) is 11.5 Å². The molecule has 7 nitrogen and oxygen atoms in total. The Labute approximate surface area is 182 Å². The van der Waals surface area contributed by atoms with Crippen LogP contribution in [-0.4, -0.2) is 48.4 Å². The molecule has 2 aromatic rings. The Morgan fingerprint density at radius 2 is 1.81 bits per heavy atom. The molecule has 0 atom stereocenters. The van der Waals surface area contributed by atoms with Crippen molar-refractivity contribution in [1.82, 2.24) is 10.2 Å². The predicted molar refractivity (Wildman–Crippen MR) is 116 cm³/mol. The molecule has 0 unspecified atom stereocenters. The third kappa shape index (κ3) is 6.31. The van der Waals surface area contributed by atoms with Crippen molar-refractivity contribution in [3.05, 3.63) is 59.7 Å². The summed E-state index contributed by atoms with van der Waals surface area (Å²) < 4.78 is 10.7. The van der Waals surface area contributed by atoms with E-state index in [1.807, 2.05) is 31.2 Å². The highest BCUT2D eigenvalue weighted by molar-refractivity contribution is 5.94. The molecule has 3 rings (SSSR count). The largest absolute Gasteiger partial charge is 0.483 e. The third-order valence-electron chi connectivity index (χ3n) is 5.20. The van der Waals surface area contributed by atoms with Crippen LogP contribution in [0.25, 0.3) is 0 Å². The molecule has 1 aliphatic rings. The van der Waals surface area contributed by atoms with Gasteiger partial charge in [-0.2, -0.15) is 0 Å². The number of likely N-dealkylation sites (tertiary alicyclic amines) is 1. The topological polar surface area (TPSA) is 84.9 Å². The molecule has 1 N–H and O–H groups in total. The Morgan fingerprint density at radius 1 is 1.06 bits per heavy atom. The minimum absolute atomic E-state index is 0.00829. The Morgan fingerprint density at radius 3 is 2.52 bits per heavy atom. The summed E-state index contributed by atoms with van der Waals surface area (Å²) in [7, 11) is 0. The van der Waals surface area contributed by atoms with Gasteiger partial charge in [0.05, 0.1) is 0 Å². The molecule has 2 amide bonds. The predicted octanol–water partition coefficient (Wildman–Crippen LogP) is 2.97. The van der Waals surface area contributed by atoms with Crippen LogP contribution >= 0.6 is 0 Å². The number of benzene rings is 2. The van der Waals surface area contributed by atoms with Gasteiger partial charge in [-0.1, -0.05) is 31.2 Å². The molecule has 31 heavy (non-hydrogen) atoms. The number of rotatable bonds is 7. The molecule has 0 bridgehead atoms. The van der Waals surface area contributed by atoms with E-state index in [-0.39, 0.29) is 24.5 Å². The Hall–Kier alpha value is -3.35. The molecule has 7 heteroatoms.